The van der Waals surface area contributed by atoms with Crippen molar-refractivity contribution in [1.29, 1.82) is 0 Å². The number of fused-ring (bicyclic) bond motifs is 1. The van der Waals surface area contributed by atoms with E-state index < -0.39 is 5.41 Å². The predicted octanol–water partition coefficient (Wildman–Crippen LogP) is 2.79. The molecular weight excluding hydrogens is 224 g/mol. The number of hydrogen-bond acceptors (Lipinski definition) is 3. The van der Waals surface area contributed by atoms with E-state index >= 15 is 0 Å². The van der Waals surface area contributed by atoms with E-state index in [0.29, 0.717) is 12.1 Å². The Morgan fingerprint density at radius 3 is 2.72 bits per heavy atom. The molecular formula is C15H18N2O. The van der Waals surface area contributed by atoms with Crippen LogP contribution in [0.4, 0.5) is 0 Å². The highest BCUT2D eigenvalue weighted by Crippen LogP contribution is 2.28. The second kappa shape index (κ2) is 4.86. The Balaban J connectivity index is 2.58. The van der Waals surface area contributed by atoms with E-state index in [1.54, 1.807) is 6.20 Å². The lowest BCUT2D eigenvalue weighted by atomic mass is 9.79. The summed E-state index contributed by atoms with van der Waals surface area (Å²) < 4.78 is 0. The van der Waals surface area contributed by atoms with Crippen molar-refractivity contribution < 1.29 is 4.79 Å². The molecule has 0 amide bonds. The van der Waals surface area contributed by atoms with Crippen LogP contribution >= 0.6 is 0 Å². The molecule has 0 saturated carbocycles. The lowest BCUT2D eigenvalue weighted by Gasteiger charge is -2.25. The van der Waals surface area contributed by atoms with E-state index in [1.165, 1.54) is 0 Å². The number of Topliss-reactive ketones (excluding diaryl/α,β-unsaturated/α-hetero) is 1. The maximum atomic E-state index is 12.6. The highest BCUT2D eigenvalue weighted by atomic mass is 16.1. The molecule has 94 valence electrons. The van der Waals surface area contributed by atoms with Gasteiger partial charge in [0.25, 0.3) is 0 Å². The fourth-order valence-corrected chi connectivity index (χ4v) is 2.01. The van der Waals surface area contributed by atoms with Crippen molar-refractivity contribution in [2.75, 3.05) is 6.54 Å². The number of nitrogens with two attached hydrogens (primary N) is 1. The van der Waals surface area contributed by atoms with E-state index in [4.69, 9.17) is 5.73 Å². The van der Waals surface area contributed by atoms with Crippen molar-refractivity contribution in [3.8, 4) is 0 Å². The molecule has 3 nitrogen and oxygen atoms in total. The van der Waals surface area contributed by atoms with Gasteiger partial charge in [0, 0.05) is 29.1 Å². The summed E-state index contributed by atoms with van der Waals surface area (Å²) in [7, 11) is 0. The van der Waals surface area contributed by atoms with Gasteiger partial charge in [-0.05, 0) is 18.6 Å². The van der Waals surface area contributed by atoms with Gasteiger partial charge < -0.3 is 5.73 Å². The van der Waals surface area contributed by atoms with E-state index in [9.17, 15) is 4.79 Å². The molecule has 0 aliphatic rings. The number of carbonyl (C=O) groups excluding carboxylic acids is 1. The summed E-state index contributed by atoms with van der Waals surface area (Å²) in [5.41, 5.74) is 6.68. The van der Waals surface area contributed by atoms with Crippen molar-refractivity contribution >= 4 is 16.7 Å². The largest absolute Gasteiger partial charge is 0.329 e. The van der Waals surface area contributed by atoms with Gasteiger partial charge in [-0.25, -0.2) is 0 Å². The molecule has 1 atom stereocenters. The van der Waals surface area contributed by atoms with Gasteiger partial charge in [-0.3, -0.25) is 9.78 Å². The lowest BCUT2D eigenvalue weighted by Crippen LogP contribution is -2.35. The number of para-hydroxylation sites is 1. The summed E-state index contributed by atoms with van der Waals surface area (Å²) in [6.45, 7) is 4.26. The second-order valence-corrected chi connectivity index (χ2v) is 4.83. The summed E-state index contributed by atoms with van der Waals surface area (Å²) in [6.07, 6.45) is 2.44. The van der Waals surface area contributed by atoms with Gasteiger partial charge in [0.05, 0.1) is 5.52 Å². The molecule has 2 aromatic rings. The van der Waals surface area contributed by atoms with Gasteiger partial charge in [0.15, 0.2) is 5.78 Å². The van der Waals surface area contributed by atoms with Gasteiger partial charge in [0.1, 0.15) is 0 Å². The van der Waals surface area contributed by atoms with Crippen LogP contribution in [0, 0.1) is 5.41 Å². The Kier molecular flexibility index (Phi) is 3.43. The van der Waals surface area contributed by atoms with E-state index in [2.05, 4.69) is 4.98 Å². The average Bonchev–Trinajstić information content (AvgIpc) is 2.45. The number of aromatic nitrogens is 1. The number of nitrogens with zero attached hydrogens (tertiary/aromatic N) is 1. The molecule has 2 rings (SSSR count). The Morgan fingerprint density at radius 2 is 2.06 bits per heavy atom. The zero-order chi connectivity index (χ0) is 13.2. The first-order valence-electron chi connectivity index (χ1n) is 6.21. The minimum absolute atomic E-state index is 0.0804. The molecule has 0 radical (unpaired) electrons. The molecule has 1 aromatic heterocycles. The van der Waals surface area contributed by atoms with Crippen LogP contribution in [0.1, 0.15) is 30.6 Å². The Hall–Kier alpha value is -1.74. The van der Waals surface area contributed by atoms with Crippen LogP contribution in [-0.2, 0) is 0 Å². The van der Waals surface area contributed by atoms with Crippen LogP contribution < -0.4 is 5.73 Å². The van der Waals surface area contributed by atoms with Gasteiger partial charge >= 0.3 is 0 Å². The van der Waals surface area contributed by atoms with Crippen LogP contribution in [0.3, 0.4) is 0 Å². The molecule has 0 saturated heterocycles. The first-order valence-corrected chi connectivity index (χ1v) is 6.21. The van der Waals surface area contributed by atoms with Crippen molar-refractivity contribution in [3.63, 3.8) is 0 Å². The monoisotopic (exact) mass is 242 g/mol. The van der Waals surface area contributed by atoms with Gasteiger partial charge in [-0.15, -0.1) is 0 Å². The third kappa shape index (κ3) is 2.02. The standard InChI is InChI=1S/C15H18N2O/c1-3-15(2,10-16)14(18)12-8-4-6-11-7-5-9-17-13(11)12/h4-9H,3,10,16H2,1-2H3. The van der Waals surface area contributed by atoms with Crippen LogP contribution in [0.25, 0.3) is 10.9 Å². The maximum Gasteiger partial charge on any atom is 0.172 e. The fourth-order valence-electron chi connectivity index (χ4n) is 2.01. The molecule has 1 heterocycles. The van der Waals surface area contributed by atoms with Crippen LogP contribution in [0.5, 0.6) is 0 Å². The van der Waals surface area contributed by atoms with E-state index in [-0.39, 0.29) is 5.78 Å². The number of benzene rings is 1. The zero-order valence-corrected chi connectivity index (χ0v) is 10.8. The third-order valence-electron chi connectivity index (χ3n) is 3.66. The van der Waals surface area contributed by atoms with Gasteiger partial charge in [-0.2, -0.15) is 0 Å². The van der Waals surface area contributed by atoms with Crippen molar-refractivity contribution in [1.82, 2.24) is 4.98 Å². The van der Waals surface area contributed by atoms with Gasteiger partial charge in [-0.1, -0.05) is 32.0 Å². The average molecular weight is 242 g/mol. The lowest BCUT2D eigenvalue weighted by molar-refractivity contribution is 0.0822. The molecule has 0 fully saturated rings. The van der Waals surface area contributed by atoms with Crippen molar-refractivity contribution in [2.24, 2.45) is 11.1 Å². The smallest absolute Gasteiger partial charge is 0.172 e. The molecule has 3 heteroatoms. The Bertz CT molecular complexity index is 568. The summed E-state index contributed by atoms with van der Waals surface area (Å²) in [5.74, 6) is 0.0804. The highest BCUT2D eigenvalue weighted by molar-refractivity contribution is 6.09. The number of pyridine rings is 1. The summed E-state index contributed by atoms with van der Waals surface area (Å²) in [4.78, 5) is 16.9. The summed E-state index contributed by atoms with van der Waals surface area (Å²) in [6, 6.07) is 9.53. The first kappa shape index (κ1) is 12.7. The highest BCUT2D eigenvalue weighted by Gasteiger charge is 2.31. The summed E-state index contributed by atoms with van der Waals surface area (Å²) >= 11 is 0. The van der Waals surface area contributed by atoms with Crippen molar-refractivity contribution in [3.05, 3.63) is 42.1 Å². The first-order chi connectivity index (χ1) is 8.62. The second-order valence-electron chi connectivity index (χ2n) is 4.83. The molecule has 0 aliphatic carbocycles. The molecule has 1 aromatic carbocycles. The number of carbonyl (C=O) groups is 1. The quantitative estimate of drug-likeness (QED) is 0.839. The number of rotatable bonds is 4. The molecule has 0 aliphatic heterocycles. The van der Waals surface area contributed by atoms with Crippen LogP contribution in [0.15, 0.2) is 36.5 Å². The normalized spacial score (nSPS) is 14.4. The van der Waals surface area contributed by atoms with E-state index in [0.717, 1.165) is 17.3 Å². The minimum atomic E-state index is -0.508. The SMILES string of the molecule is CCC(C)(CN)C(=O)c1cccc2cccnc12. The van der Waals surface area contributed by atoms with Crippen LogP contribution in [0.2, 0.25) is 0 Å². The zero-order valence-electron chi connectivity index (χ0n) is 10.8. The summed E-state index contributed by atoms with van der Waals surface area (Å²) in [5, 5.41) is 0.985. The molecule has 0 bridgehead atoms. The van der Waals surface area contributed by atoms with Crippen molar-refractivity contribution in [2.45, 2.75) is 20.3 Å². The third-order valence-corrected chi connectivity index (χ3v) is 3.66. The Labute approximate surface area is 107 Å². The minimum Gasteiger partial charge on any atom is -0.329 e. The Morgan fingerprint density at radius 1 is 1.33 bits per heavy atom. The maximum absolute atomic E-state index is 12.6. The number of ketones is 1. The van der Waals surface area contributed by atoms with Crippen LogP contribution in [-0.4, -0.2) is 17.3 Å². The fraction of sp³-hybridized carbons (Fsp3) is 0.333. The van der Waals surface area contributed by atoms with E-state index in [1.807, 2.05) is 44.2 Å². The topological polar surface area (TPSA) is 56.0 Å². The predicted molar refractivity (Wildman–Crippen MR) is 73.5 cm³/mol. The molecule has 1 unspecified atom stereocenters. The van der Waals surface area contributed by atoms with Gasteiger partial charge in [0.2, 0.25) is 0 Å². The molecule has 0 spiro atoms. The molecule has 2 N–H and O–H groups in total. The number of hydrogen-bond donors (Lipinski definition) is 1. The molecule has 18 heavy (non-hydrogen) atoms.